The van der Waals surface area contributed by atoms with Crippen LogP contribution in [0, 0.1) is 0 Å². The van der Waals surface area contributed by atoms with Crippen molar-refractivity contribution in [2.24, 2.45) is 5.73 Å². The molecule has 1 unspecified atom stereocenters. The molecule has 1 aromatic rings. The van der Waals surface area contributed by atoms with E-state index >= 15 is 0 Å². The minimum absolute atomic E-state index is 0.214. The van der Waals surface area contributed by atoms with Crippen molar-refractivity contribution < 1.29 is 24.2 Å². The van der Waals surface area contributed by atoms with E-state index in [0.717, 1.165) is 0 Å². The highest BCUT2D eigenvalue weighted by Crippen LogP contribution is 2.25. The maximum absolute atomic E-state index is 12.0. The van der Waals surface area contributed by atoms with Crippen LogP contribution >= 0.6 is 0 Å². The summed E-state index contributed by atoms with van der Waals surface area (Å²) in [5, 5.41) is 8.62. The number of ether oxygens (including phenoxy) is 2. The Balaban J connectivity index is 3.05. The molecule has 0 heterocycles. The number of carbonyl (C=O) groups is 2. The summed E-state index contributed by atoms with van der Waals surface area (Å²) in [6.07, 6.45) is -0.431. The van der Waals surface area contributed by atoms with Crippen molar-refractivity contribution in [3.05, 3.63) is 23.8 Å². The van der Waals surface area contributed by atoms with Gasteiger partial charge < -0.3 is 20.3 Å². The predicted octanol–water partition coefficient (Wildman–Crippen LogP) is 0.689. The first kappa shape index (κ1) is 14.0. The van der Waals surface area contributed by atoms with Crippen LogP contribution in [0.15, 0.2) is 18.2 Å². The zero-order chi connectivity index (χ0) is 13.7. The Bertz CT molecular complexity index is 458. The van der Waals surface area contributed by atoms with Gasteiger partial charge in [-0.1, -0.05) is 0 Å². The zero-order valence-corrected chi connectivity index (χ0v) is 10.2. The van der Waals surface area contributed by atoms with Gasteiger partial charge in [-0.2, -0.15) is 0 Å². The molecule has 0 aromatic heterocycles. The predicted molar refractivity (Wildman–Crippen MR) is 64.1 cm³/mol. The zero-order valence-electron chi connectivity index (χ0n) is 10.2. The summed E-state index contributed by atoms with van der Waals surface area (Å²) in [4.78, 5) is 22.5. The molecule has 0 aliphatic carbocycles. The standard InChI is InChI=1S/C12H15NO5/c1-17-7-3-4-10(18-2)8(5-7)12(16)9(13)6-11(14)15/h3-5,9H,6,13H2,1-2H3,(H,14,15). The van der Waals surface area contributed by atoms with Crippen molar-refractivity contribution in [3.63, 3.8) is 0 Å². The van der Waals surface area contributed by atoms with E-state index < -0.39 is 24.2 Å². The van der Waals surface area contributed by atoms with Crippen LogP contribution in [0.5, 0.6) is 11.5 Å². The summed E-state index contributed by atoms with van der Waals surface area (Å²) in [5.74, 6) is -0.811. The molecule has 0 fully saturated rings. The lowest BCUT2D eigenvalue weighted by Gasteiger charge is -2.12. The lowest BCUT2D eigenvalue weighted by atomic mass is 10.0. The fourth-order valence-electron chi connectivity index (χ4n) is 1.49. The van der Waals surface area contributed by atoms with Crippen molar-refractivity contribution in [3.8, 4) is 11.5 Å². The summed E-state index contributed by atoms with van der Waals surface area (Å²) in [7, 11) is 2.88. The minimum Gasteiger partial charge on any atom is -0.497 e. The van der Waals surface area contributed by atoms with Gasteiger partial charge in [-0.25, -0.2) is 0 Å². The monoisotopic (exact) mass is 253 g/mol. The van der Waals surface area contributed by atoms with Gasteiger partial charge in [-0.05, 0) is 18.2 Å². The number of carboxylic acid groups (broad SMARTS) is 1. The first-order chi connectivity index (χ1) is 8.49. The van der Waals surface area contributed by atoms with E-state index in [1.807, 2.05) is 0 Å². The second kappa shape index (κ2) is 6.02. The normalized spacial score (nSPS) is 11.7. The fourth-order valence-corrected chi connectivity index (χ4v) is 1.49. The molecule has 1 aromatic carbocycles. The lowest BCUT2D eigenvalue weighted by molar-refractivity contribution is -0.137. The van der Waals surface area contributed by atoms with E-state index in [1.54, 1.807) is 12.1 Å². The molecule has 0 aliphatic rings. The number of benzene rings is 1. The Morgan fingerprint density at radius 3 is 2.50 bits per heavy atom. The molecule has 3 N–H and O–H groups in total. The van der Waals surface area contributed by atoms with Crippen molar-refractivity contribution in [1.82, 2.24) is 0 Å². The minimum atomic E-state index is -1.13. The van der Waals surface area contributed by atoms with E-state index in [0.29, 0.717) is 11.5 Å². The van der Waals surface area contributed by atoms with Crippen LogP contribution in [0.1, 0.15) is 16.8 Å². The molecule has 0 spiro atoms. The fraction of sp³-hybridized carbons (Fsp3) is 0.333. The molecule has 6 nitrogen and oxygen atoms in total. The number of ketones is 1. The average Bonchev–Trinajstić information content (AvgIpc) is 2.36. The maximum Gasteiger partial charge on any atom is 0.305 e. The Hall–Kier alpha value is -2.08. The van der Waals surface area contributed by atoms with E-state index in [9.17, 15) is 9.59 Å². The van der Waals surface area contributed by atoms with Crippen LogP contribution in [-0.2, 0) is 4.79 Å². The third-order valence-electron chi connectivity index (χ3n) is 2.40. The molecule has 18 heavy (non-hydrogen) atoms. The highest BCUT2D eigenvalue weighted by Gasteiger charge is 2.22. The van der Waals surface area contributed by atoms with Crippen molar-refractivity contribution in [2.75, 3.05) is 14.2 Å². The second-order valence-corrected chi connectivity index (χ2v) is 3.63. The SMILES string of the molecule is COc1ccc(OC)c(C(=O)C(N)CC(=O)O)c1. The molecule has 0 amide bonds. The van der Waals surface area contributed by atoms with Gasteiger partial charge in [0, 0.05) is 0 Å². The van der Waals surface area contributed by atoms with Gasteiger partial charge in [0.2, 0.25) is 0 Å². The molecular weight excluding hydrogens is 238 g/mol. The molecule has 1 atom stereocenters. The van der Waals surface area contributed by atoms with Crippen molar-refractivity contribution in [2.45, 2.75) is 12.5 Å². The number of hydrogen-bond donors (Lipinski definition) is 2. The molecule has 0 aliphatic heterocycles. The van der Waals surface area contributed by atoms with E-state index in [4.69, 9.17) is 20.3 Å². The number of methoxy groups -OCH3 is 2. The van der Waals surface area contributed by atoms with Crippen LogP contribution in [0.25, 0.3) is 0 Å². The van der Waals surface area contributed by atoms with Crippen LogP contribution in [0.2, 0.25) is 0 Å². The smallest absolute Gasteiger partial charge is 0.305 e. The molecule has 0 saturated heterocycles. The summed E-state index contributed by atoms with van der Waals surface area (Å²) >= 11 is 0. The Kier molecular flexibility index (Phi) is 4.67. The summed E-state index contributed by atoms with van der Waals surface area (Å²) < 4.78 is 10.0. The molecule has 0 saturated carbocycles. The Morgan fingerprint density at radius 2 is 2.00 bits per heavy atom. The lowest BCUT2D eigenvalue weighted by Crippen LogP contribution is -2.33. The van der Waals surface area contributed by atoms with Gasteiger partial charge >= 0.3 is 5.97 Å². The number of hydrogen-bond acceptors (Lipinski definition) is 5. The van der Waals surface area contributed by atoms with Crippen LogP contribution < -0.4 is 15.2 Å². The summed E-state index contributed by atoms with van der Waals surface area (Å²) in [5.41, 5.74) is 5.75. The number of aliphatic carboxylic acids is 1. The Labute approximate surface area is 104 Å². The first-order valence-electron chi connectivity index (χ1n) is 5.23. The highest BCUT2D eigenvalue weighted by molar-refractivity contribution is 6.04. The molecule has 0 bridgehead atoms. The molecular formula is C12H15NO5. The molecule has 6 heteroatoms. The Morgan fingerprint density at radius 1 is 1.33 bits per heavy atom. The topological polar surface area (TPSA) is 98.9 Å². The largest absolute Gasteiger partial charge is 0.497 e. The van der Waals surface area contributed by atoms with Gasteiger partial charge in [0.25, 0.3) is 0 Å². The summed E-state index contributed by atoms with van der Waals surface area (Å²) in [6.45, 7) is 0. The number of carbonyl (C=O) groups excluding carboxylic acids is 1. The van der Waals surface area contributed by atoms with Crippen LogP contribution in [0.4, 0.5) is 0 Å². The maximum atomic E-state index is 12.0. The third-order valence-corrected chi connectivity index (χ3v) is 2.40. The number of nitrogens with two attached hydrogens (primary N) is 1. The number of carboxylic acids is 1. The second-order valence-electron chi connectivity index (χ2n) is 3.63. The molecule has 98 valence electrons. The quantitative estimate of drug-likeness (QED) is 0.723. The van der Waals surface area contributed by atoms with Crippen LogP contribution in [0.3, 0.4) is 0 Å². The van der Waals surface area contributed by atoms with Gasteiger partial charge in [-0.3, -0.25) is 9.59 Å². The number of rotatable bonds is 6. The van der Waals surface area contributed by atoms with E-state index in [1.165, 1.54) is 20.3 Å². The summed E-state index contributed by atoms with van der Waals surface area (Å²) in [6, 6.07) is 3.57. The average molecular weight is 253 g/mol. The van der Waals surface area contributed by atoms with Gasteiger partial charge in [0.15, 0.2) is 5.78 Å². The third kappa shape index (κ3) is 3.21. The van der Waals surface area contributed by atoms with Gasteiger partial charge in [0.05, 0.1) is 32.2 Å². The number of Topliss-reactive ketones (excluding diaryl/α,β-unsaturated/α-hetero) is 1. The van der Waals surface area contributed by atoms with Gasteiger partial charge in [-0.15, -0.1) is 0 Å². The first-order valence-corrected chi connectivity index (χ1v) is 5.23. The molecule has 1 rings (SSSR count). The molecule has 0 radical (unpaired) electrons. The van der Waals surface area contributed by atoms with Crippen molar-refractivity contribution >= 4 is 11.8 Å². The van der Waals surface area contributed by atoms with E-state index in [-0.39, 0.29) is 5.56 Å². The van der Waals surface area contributed by atoms with Crippen LogP contribution in [-0.4, -0.2) is 37.1 Å². The highest BCUT2D eigenvalue weighted by atomic mass is 16.5. The van der Waals surface area contributed by atoms with Crippen molar-refractivity contribution in [1.29, 1.82) is 0 Å². The van der Waals surface area contributed by atoms with Gasteiger partial charge in [0.1, 0.15) is 11.5 Å². The van der Waals surface area contributed by atoms with E-state index in [2.05, 4.69) is 0 Å².